The lowest BCUT2D eigenvalue weighted by atomic mass is 9.80. The molecule has 1 aliphatic carbocycles. The lowest BCUT2D eigenvalue weighted by Gasteiger charge is -2.29. The molecule has 1 aliphatic heterocycles. The van der Waals surface area contributed by atoms with Crippen LogP contribution in [0.5, 0.6) is 0 Å². The fourth-order valence-corrected chi connectivity index (χ4v) is 7.05. The summed E-state index contributed by atoms with van der Waals surface area (Å²) in [5.41, 5.74) is 2.61. The van der Waals surface area contributed by atoms with Gasteiger partial charge in [-0.2, -0.15) is 0 Å². The van der Waals surface area contributed by atoms with Crippen LogP contribution in [0.15, 0.2) is 40.6 Å². The molecule has 0 spiro atoms. The molecular formula is C23H27N3O2S2. The molecule has 1 aromatic heterocycles. The summed E-state index contributed by atoms with van der Waals surface area (Å²) < 4.78 is 0. The zero-order valence-electron chi connectivity index (χ0n) is 17.6. The van der Waals surface area contributed by atoms with Gasteiger partial charge in [0.2, 0.25) is 5.91 Å². The van der Waals surface area contributed by atoms with Crippen LogP contribution in [0.2, 0.25) is 0 Å². The molecule has 2 aliphatic rings. The number of ketones is 1. The van der Waals surface area contributed by atoms with E-state index in [1.165, 1.54) is 31.7 Å². The Morgan fingerprint density at radius 2 is 2.00 bits per heavy atom. The minimum atomic E-state index is -0.233. The molecule has 0 bridgehead atoms. The molecule has 1 N–H and O–H groups in total. The van der Waals surface area contributed by atoms with Gasteiger partial charge in [-0.05, 0) is 56.4 Å². The average Bonchev–Trinajstić information content (AvgIpc) is 3.10. The van der Waals surface area contributed by atoms with Gasteiger partial charge in [0, 0.05) is 28.0 Å². The molecule has 0 saturated heterocycles. The Morgan fingerprint density at radius 1 is 1.23 bits per heavy atom. The molecule has 7 heteroatoms. The Morgan fingerprint density at radius 3 is 2.70 bits per heavy atom. The van der Waals surface area contributed by atoms with E-state index in [2.05, 4.69) is 22.2 Å². The van der Waals surface area contributed by atoms with E-state index < -0.39 is 0 Å². The monoisotopic (exact) mass is 441 g/mol. The Balaban J connectivity index is 1.49. The zero-order valence-corrected chi connectivity index (χ0v) is 19.2. The van der Waals surface area contributed by atoms with Crippen LogP contribution in [0, 0.1) is 5.92 Å². The molecular weight excluding hydrogens is 414 g/mol. The molecule has 158 valence electrons. The van der Waals surface area contributed by atoms with Gasteiger partial charge in [0.25, 0.3) is 0 Å². The number of thioether (sulfide) groups is 2. The SMILES string of the molecule is CCC(Sc1ncnc2c1C1CCC(C)CC1S2)C(=O)Nc1ccc(C(C)=O)cc1. The van der Waals surface area contributed by atoms with Crippen LogP contribution in [0.1, 0.15) is 68.3 Å². The summed E-state index contributed by atoms with van der Waals surface area (Å²) >= 11 is 3.45. The van der Waals surface area contributed by atoms with Gasteiger partial charge in [-0.3, -0.25) is 9.59 Å². The molecule has 2 aromatic rings. The molecule has 1 saturated carbocycles. The van der Waals surface area contributed by atoms with Crippen LogP contribution in [0.25, 0.3) is 0 Å². The van der Waals surface area contributed by atoms with Crippen LogP contribution >= 0.6 is 23.5 Å². The third-order valence-corrected chi connectivity index (χ3v) is 8.73. The molecule has 30 heavy (non-hydrogen) atoms. The van der Waals surface area contributed by atoms with Gasteiger partial charge >= 0.3 is 0 Å². The topological polar surface area (TPSA) is 72.0 Å². The van der Waals surface area contributed by atoms with E-state index in [9.17, 15) is 9.59 Å². The quantitative estimate of drug-likeness (QED) is 0.359. The summed E-state index contributed by atoms with van der Waals surface area (Å²) in [6.45, 7) is 5.90. The highest BCUT2D eigenvalue weighted by atomic mass is 32.2. The van der Waals surface area contributed by atoms with Crippen LogP contribution < -0.4 is 5.32 Å². The first kappa shape index (κ1) is 21.4. The summed E-state index contributed by atoms with van der Waals surface area (Å²) in [6, 6.07) is 7.03. The molecule has 4 unspecified atom stereocenters. The fraction of sp³-hybridized carbons (Fsp3) is 0.478. The highest BCUT2D eigenvalue weighted by Crippen LogP contribution is 2.54. The summed E-state index contributed by atoms with van der Waals surface area (Å²) in [4.78, 5) is 33.5. The van der Waals surface area contributed by atoms with Crippen molar-refractivity contribution in [2.24, 2.45) is 5.92 Å². The first-order valence-corrected chi connectivity index (χ1v) is 12.3. The van der Waals surface area contributed by atoms with Crippen molar-refractivity contribution in [1.29, 1.82) is 0 Å². The third kappa shape index (κ3) is 4.42. The Labute approximate surface area is 186 Å². The highest BCUT2D eigenvalue weighted by molar-refractivity contribution is 8.01. The zero-order chi connectivity index (χ0) is 21.3. The fourth-order valence-electron chi connectivity index (χ4n) is 4.27. The molecule has 5 nitrogen and oxygen atoms in total. The number of hydrogen-bond acceptors (Lipinski definition) is 6. The van der Waals surface area contributed by atoms with Gasteiger partial charge in [0.05, 0.1) is 5.25 Å². The highest BCUT2D eigenvalue weighted by Gasteiger charge is 2.40. The van der Waals surface area contributed by atoms with Gasteiger partial charge in [-0.25, -0.2) is 9.97 Å². The van der Waals surface area contributed by atoms with E-state index in [0.717, 1.165) is 16.0 Å². The third-order valence-electron chi connectivity index (χ3n) is 5.97. The molecule has 1 aromatic carbocycles. The van der Waals surface area contributed by atoms with Crippen molar-refractivity contribution in [3.8, 4) is 0 Å². The van der Waals surface area contributed by atoms with Crippen molar-refractivity contribution in [3.05, 3.63) is 41.7 Å². The Bertz CT molecular complexity index is 948. The average molecular weight is 442 g/mol. The van der Waals surface area contributed by atoms with Crippen molar-refractivity contribution >= 4 is 40.9 Å². The van der Waals surface area contributed by atoms with Crippen LogP contribution in [-0.4, -0.2) is 32.2 Å². The number of amides is 1. The van der Waals surface area contributed by atoms with Gasteiger partial charge < -0.3 is 5.32 Å². The lowest BCUT2D eigenvalue weighted by molar-refractivity contribution is -0.115. The predicted octanol–water partition coefficient (Wildman–Crippen LogP) is 5.57. The van der Waals surface area contributed by atoms with Crippen molar-refractivity contribution in [1.82, 2.24) is 9.97 Å². The first-order chi connectivity index (χ1) is 14.5. The molecule has 4 rings (SSSR count). The number of nitrogens with one attached hydrogen (secondary N) is 1. The van der Waals surface area contributed by atoms with Crippen LogP contribution in [0.3, 0.4) is 0 Å². The number of Topliss-reactive ketones (excluding diaryl/α,β-unsaturated/α-hetero) is 1. The van der Waals surface area contributed by atoms with Gasteiger partial charge in [0.1, 0.15) is 16.4 Å². The van der Waals surface area contributed by atoms with Crippen molar-refractivity contribution in [2.75, 3.05) is 5.32 Å². The van der Waals surface area contributed by atoms with Crippen molar-refractivity contribution in [3.63, 3.8) is 0 Å². The summed E-state index contributed by atoms with van der Waals surface area (Å²) in [5, 5.41) is 5.41. The number of aromatic nitrogens is 2. The Kier molecular flexibility index (Phi) is 6.48. The summed E-state index contributed by atoms with van der Waals surface area (Å²) in [6.07, 6.45) is 6.00. The molecule has 1 amide bonds. The second-order valence-electron chi connectivity index (χ2n) is 8.22. The maximum absolute atomic E-state index is 12.9. The number of carbonyl (C=O) groups is 2. The van der Waals surface area contributed by atoms with Crippen LogP contribution in [-0.2, 0) is 4.79 Å². The second kappa shape index (κ2) is 9.10. The van der Waals surface area contributed by atoms with E-state index in [1.54, 1.807) is 42.4 Å². The summed E-state index contributed by atoms with van der Waals surface area (Å²) in [7, 11) is 0. The number of nitrogens with zero attached hydrogens (tertiary/aromatic N) is 2. The number of benzene rings is 1. The predicted molar refractivity (Wildman–Crippen MR) is 122 cm³/mol. The van der Waals surface area contributed by atoms with E-state index in [1.807, 2.05) is 18.7 Å². The van der Waals surface area contributed by atoms with Gasteiger partial charge in [-0.15, -0.1) is 11.8 Å². The van der Waals surface area contributed by atoms with Crippen LogP contribution in [0.4, 0.5) is 5.69 Å². The maximum Gasteiger partial charge on any atom is 0.237 e. The normalized spacial score (nSPS) is 23.4. The number of fused-ring (bicyclic) bond motifs is 3. The molecule has 4 atom stereocenters. The van der Waals surface area contributed by atoms with Crippen molar-refractivity contribution in [2.45, 2.75) is 72.9 Å². The Hall–Kier alpha value is -1.86. The minimum Gasteiger partial charge on any atom is -0.325 e. The summed E-state index contributed by atoms with van der Waals surface area (Å²) in [5.74, 6) is 1.25. The smallest absolute Gasteiger partial charge is 0.237 e. The number of carbonyl (C=O) groups excluding carboxylic acids is 2. The van der Waals surface area contributed by atoms with Gasteiger partial charge in [0.15, 0.2) is 5.78 Å². The largest absolute Gasteiger partial charge is 0.325 e. The number of rotatable bonds is 6. The van der Waals surface area contributed by atoms with E-state index in [0.29, 0.717) is 28.8 Å². The first-order valence-electron chi connectivity index (χ1n) is 10.6. The van der Waals surface area contributed by atoms with E-state index in [4.69, 9.17) is 0 Å². The molecule has 0 radical (unpaired) electrons. The molecule has 2 heterocycles. The maximum atomic E-state index is 12.9. The minimum absolute atomic E-state index is 0.0146. The standard InChI is InChI=1S/C23H27N3O2S2/c1-4-18(21(28)26-16-8-6-15(7-9-16)14(3)27)29-22-20-17-10-5-13(2)11-19(17)30-23(20)25-12-24-22/h6-9,12-13,17-19H,4-5,10-11H2,1-3H3,(H,26,28). The van der Waals surface area contributed by atoms with E-state index in [-0.39, 0.29) is 16.9 Å². The van der Waals surface area contributed by atoms with Gasteiger partial charge in [-0.1, -0.05) is 32.0 Å². The van der Waals surface area contributed by atoms with Crippen molar-refractivity contribution < 1.29 is 9.59 Å². The molecule has 1 fully saturated rings. The van der Waals surface area contributed by atoms with E-state index >= 15 is 0 Å². The lowest BCUT2D eigenvalue weighted by Crippen LogP contribution is -2.25. The number of anilines is 1. The second-order valence-corrected chi connectivity index (χ2v) is 10.6. The number of hydrogen-bond donors (Lipinski definition) is 1.